The van der Waals surface area contributed by atoms with Crippen LogP contribution in [0.2, 0.25) is 0 Å². The fraction of sp³-hybridized carbons (Fsp3) is 0.0870. The largest absolute Gasteiger partial charge is 0.494 e. The Hall–Kier alpha value is -3.78. The third kappa shape index (κ3) is 3.12. The van der Waals surface area contributed by atoms with E-state index in [-0.39, 0.29) is 11.3 Å². The maximum Gasteiger partial charge on any atom is 0.260 e. The van der Waals surface area contributed by atoms with Gasteiger partial charge in [0.05, 0.1) is 12.5 Å². The normalized spacial score (nSPS) is 11.2. The molecule has 5 aromatic rings. The number of thiophene rings is 1. The van der Waals surface area contributed by atoms with Crippen molar-refractivity contribution in [2.24, 2.45) is 7.05 Å². The van der Waals surface area contributed by atoms with E-state index in [9.17, 15) is 4.79 Å². The van der Waals surface area contributed by atoms with Gasteiger partial charge in [-0.2, -0.15) is 0 Å². The minimum Gasteiger partial charge on any atom is -0.494 e. The molecule has 0 saturated heterocycles. The highest BCUT2D eigenvalue weighted by atomic mass is 32.1. The molecule has 3 heterocycles. The maximum absolute atomic E-state index is 15.2. The fourth-order valence-electron chi connectivity index (χ4n) is 3.62. The highest BCUT2D eigenvalue weighted by Gasteiger charge is 2.23. The number of nitrogens with zero attached hydrogens (tertiary/aromatic N) is 3. The van der Waals surface area contributed by atoms with Crippen molar-refractivity contribution in [2.45, 2.75) is 0 Å². The maximum atomic E-state index is 15.2. The second-order valence-electron chi connectivity index (χ2n) is 6.95. The first-order chi connectivity index (χ1) is 15.1. The first-order valence-corrected chi connectivity index (χ1v) is 10.3. The molecular weight excluding hydrogens is 415 g/mol. The van der Waals surface area contributed by atoms with Crippen molar-refractivity contribution in [3.8, 4) is 39.0 Å². The predicted octanol–water partition coefficient (Wildman–Crippen LogP) is 4.87. The van der Waals surface area contributed by atoms with E-state index in [1.165, 1.54) is 18.4 Å². The molecule has 31 heavy (non-hydrogen) atoms. The molecule has 154 valence electrons. The molecule has 0 aliphatic rings. The Morgan fingerprint density at radius 2 is 1.94 bits per heavy atom. The van der Waals surface area contributed by atoms with Gasteiger partial charge in [-0.25, -0.2) is 14.4 Å². The standard InChI is InChI=1S/C23H17FN4O2S/c1-28-12-11-25-21(28)20-26-22(29)17-16(13-7-4-3-5-8-13)19(31-23(17)27-20)14-9-6-10-15(30-2)18(14)24/h3-12H,1-2H3,(H,26,27,29). The van der Waals surface area contributed by atoms with Gasteiger partial charge in [-0.05, 0) is 11.6 Å². The summed E-state index contributed by atoms with van der Waals surface area (Å²) in [6.45, 7) is 0. The Labute approximate surface area is 180 Å². The summed E-state index contributed by atoms with van der Waals surface area (Å²) in [6.07, 6.45) is 3.42. The minimum absolute atomic E-state index is 0.143. The monoisotopic (exact) mass is 432 g/mol. The summed E-state index contributed by atoms with van der Waals surface area (Å²) < 4.78 is 22.1. The molecular formula is C23H17FN4O2S. The zero-order valence-electron chi connectivity index (χ0n) is 16.7. The van der Waals surface area contributed by atoms with Crippen molar-refractivity contribution in [3.63, 3.8) is 0 Å². The molecule has 6 nitrogen and oxygen atoms in total. The molecule has 0 radical (unpaired) electrons. The van der Waals surface area contributed by atoms with Gasteiger partial charge in [0.1, 0.15) is 4.83 Å². The van der Waals surface area contributed by atoms with E-state index in [2.05, 4.69) is 15.0 Å². The molecule has 0 aliphatic carbocycles. The number of halogens is 1. The third-order valence-corrected chi connectivity index (χ3v) is 6.20. The van der Waals surface area contributed by atoms with Gasteiger partial charge in [-0.15, -0.1) is 11.3 Å². The fourth-order valence-corrected chi connectivity index (χ4v) is 4.84. The zero-order valence-corrected chi connectivity index (χ0v) is 17.5. The first kappa shape index (κ1) is 19.2. The van der Waals surface area contributed by atoms with E-state index >= 15 is 4.39 Å². The van der Waals surface area contributed by atoms with Crippen molar-refractivity contribution in [1.82, 2.24) is 19.5 Å². The van der Waals surface area contributed by atoms with Crippen LogP contribution in [0.15, 0.2) is 65.7 Å². The lowest BCUT2D eigenvalue weighted by Crippen LogP contribution is -2.10. The van der Waals surface area contributed by atoms with E-state index in [0.29, 0.717) is 37.9 Å². The lowest BCUT2D eigenvalue weighted by molar-refractivity contribution is 0.387. The van der Waals surface area contributed by atoms with Crippen molar-refractivity contribution >= 4 is 21.6 Å². The number of hydrogen-bond donors (Lipinski definition) is 1. The number of methoxy groups -OCH3 is 1. The first-order valence-electron chi connectivity index (χ1n) is 9.51. The summed E-state index contributed by atoms with van der Waals surface area (Å²) in [5.41, 5.74) is 1.52. The quantitative estimate of drug-likeness (QED) is 0.440. The summed E-state index contributed by atoms with van der Waals surface area (Å²) >= 11 is 1.27. The Morgan fingerprint density at radius 1 is 1.13 bits per heavy atom. The second kappa shape index (κ2) is 7.48. The topological polar surface area (TPSA) is 72.8 Å². The number of imidazole rings is 1. The number of hydrogen-bond acceptors (Lipinski definition) is 5. The number of rotatable bonds is 4. The van der Waals surface area contributed by atoms with Crippen molar-refractivity contribution in [1.29, 1.82) is 0 Å². The molecule has 0 saturated carbocycles. The molecule has 0 bridgehead atoms. The van der Waals surface area contributed by atoms with Crippen LogP contribution >= 0.6 is 11.3 Å². The van der Waals surface area contributed by atoms with Crippen molar-refractivity contribution in [2.75, 3.05) is 7.11 Å². The SMILES string of the molecule is COc1cccc(-c2sc3nc(-c4nccn4C)[nH]c(=O)c3c2-c2ccccc2)c1F. The van der Waals surface area contributed by atoms with Crippen LogP contribution in [0.5, 0.6) is 5.75 Å². The molecule has 0 amide bonds. The average molecular weight is 432 g/mol. The van der Waals surface area contributed by atoms with Crippen LogP contribution in [0, 0.1) is 5.82 Å². The average Bonchev–Trinajstić information content (AvgIpc) is 3.38. The zero-order chi connectivity index (χ0) is 21.5. The number of nitrogens with one attached hydrogen (secondary N) is 1. The number of ether oxygens (including phenoxy) is 1. The molecule has 0 spiro atoms. The van der Waals surface area contributed by atoms with Crippen LogP contribution in [0.1, 0.15) is 0 Å². The van der Waals surface area contributed by atoms with Gasteiger partial charge in [0.25, 0.3) is 5.56 Å². The molecule has 1 N–H and O–H groups in total. The molecule has 0 unspecified atom stereocenters. The molecule has 0 aliphatic heterocycles. The van der Waals surface area contributed by atoms with Gasteiger partial charge in [-0.1, -0.05) is 42.5 Å². The second-order valence-corrected chi connectivity index (χ2v) is 7.95. The summed E-state index contributed by atoms with van der Waals surface area (Å²) in [7, 11) is 3.25. The van der Waals surface area contributed by atoms with Crippen LogP contribution in [0.3, 0.4) is 0 Å². The Bertz CT molecular complexity index is 1470. The summed E-state index contributed by atoms with van der Waals surface area (Å²) in [5.74, 6) is 0.574. The smallest absolute Gasteiger partial charge is 0.260 e. The van der Waals surface area contributed by atoms with Gasteiger partial charge in [0, 0.05) is 35.4 Å². The van der Waals surface area contributed by atoms with E-state index < -0.39 is 5.82 Å². The third-order valence-electron chi connectivity index (χ3n) is 5.09. The van der Waals surface area contributed by atoms with Crippen LogP contribution in [-0.2, 0) is 7.05 Å². The van der Waals surface area contributed by atoms with Crippen LogP contribution in [0.25, 0.3) is 43.4 Å². The van der Waals surface area contributed by atoms with Gasteiger partial charge in [0.15, 0.2) is 23.2 Å². The van der Waals surface area contributed by atoms with E-state index in [1.807, 2.05) is 37.4 Å². The number of benzene rings is 2. The Kier molecular flexibility index (Phi) is 4.63. The number of aromatic nitrogens is 4. The molecule has 0 fully saturated rings. The summed E-state index contributed by atoms with van der Waals surface area (Å²) in [5, 5.41) is 0.423. The highest BCUT2D eigenvalue weighted by molar-refractivity contribution is 7.22. The van der Waals surface area contributed by atoms with Gasteiger partial charge < -0.3 is 14.3 Å². The number of H-pyrrole nitrogens is 1. The molecule has 8 heteroatoms. The van der Waals surface area contributed by atoms with Gasteiger partial charge in [0.2, 0.25) is 0 Å². The van der Waals surface area contributed by atoms with E-state index in [4.69, 9.17) is 4.74 Å². The van der Waals surface area contributed by atoms with Crippen LogP contribution in [-0.4, -0.2) is 26.6 Å². The van der Waals surface area contributed by atoms with E-state index in [0.717, 1.165) is 5.56 Å². The Balaban J connectivity index is 1.86. The van der Waals surface area contributed by atoms with Crippen molar-refractivity contribution < 1.29 is 9.13 Å². The number of aromatic amines is 1. The summed E-state index contributed by atoms with van der Waals surface area (Å²) in [4.78, 5) is 26.1. The van der Waals surface area contributed by atoms with E-state index in [1.54, 1.807) is 35.2 Å². The van der Waals surface area contributed by atoms with Crippen molar-refractivity contribution in [3.05, 3.63) is 77.1 Å². The Morgan fingerprint density at radius 3 is 2.65 bits per heavy atom. The van der Waals surface area contributed by atoms with Crippen LogP contribution < -0.4 is 10.3 Å². The number of fused-ring (bicyclic) bond motifs is 1. The lowest BCUT2D eigenvalue weighted by atomic mass is 9.99. The highest BCUT2D eigenvalue weighted by Crippen LogP contribution is 2.44. The molecule has 0 atom stereocenters. The molecule has 5 rings (SSSR count). The number of aryl methyl sites for hydroxylation is 1. The molecule has 2 aromatic carbocycles. The minimum atomic E-state index is -0.477. The summed E-state index contributed by atoms with van der Waals surface area (Å²) in [6, 6.07) is 14.4. The van der Waals surface area contributed by atoms with Crippen LogP contribution in [0.4, 0.5) is 4.39 Å². The predicted molar refractivity (Wildman–Crippen MR) is 120 cm³/mol. The van der Waals surface area contributed by atoms with Gasteiger partial charge >= 0.3 is 0 Å². The van der Waals surface area contributed by atoms with Gasteiger partial charge in [-0.3, -0.25) is 4.79 Å². The molecule has 3 aromatic heterocycles. The lowest BCUT2D eigenvalue weighted by Gasteiger charge is -2.09.